The lowest BCUT2D eigenvalue weighted by atomic mass is 9.96. The molecule has 1 aliphatic heterocycles. The van der Waals surface area contributed by atoms with Gasteiger partial charge in [0.2, 0.25) is 0 Å². The molecular weight excluding hydrogens is 304 g/mol. The molecule has 1 heterocycles. The molecule has 0 fully saturated rings. The van der Waals surface area contributed by atoms with Crippen LogP contribution in [0.1, 0.15) is 22.7 Å². The van der Waals surface area contributed by atoms with Crippen LogP contribution in [-0.4, -0.2) is 6.61 Å². The predicted octanol–water partition coefficient (Wildman–Crippen LogP) is 2.94. The average molecular weight is 319 g/mol. The van der Waals surface area contributed by atoms with Crippen LogP contribution in [0.25, 0.3) is 0 Å². The van der Waals surface area contributed by atoms with Gasteiger partial charge in [-0.3, -0.25) is 5.84 Å². The van der Waals surface area contributed by atoms with Crippen LogP contribution < -0.4 is 16.0 Å². The van der Waals surface area contributed by atoms with E-state index in [1.165, 1.54) is 5.56 Å². The molecule has 19 heavy (non-hydrogen) atoms. The van der Waals surface area contributed by atoms with Gasteiger partial charge in [0.15, 0.2) is 0 Å². The highest BCUT2D eigenvalue weighted by Gasteiger charge is 2.22. The molecule has 0 bridgehead atoms. The van der Waals surface area contributed by atoms with E-state index in [0.29, 0.717) is 0 Å². The zero-order valence-corrected chi connectivity index (χ0v) is 12.0. The molecule has 3 rings (SSSR count). The molecule has 0 aliphatic carbocycles. The van der Waals surface area contributed by atoms with Crippen LogP contribution in [0.2, 0.25) is 0 Å². The molecule has 2 aromatic carbocycles. The third kappa shape index (κ3) is 2.39. The topological polar surface area (TPSA) is 47.3 Å². The van der Waals surface area contributed by atoms with Crippen molar-refractivity contribution in [3.63, 3.8) is 0 Å². The van der Waals surface area contributed by atoms with Crippen molar-refractivity contribution in [3.8, 4) is 5.75 Å². The summed E-state index contributed by atoms with van der Waals surface area (Å²) in [5.74, 6) is 6.74. The summed E-state index contributed by atoms with van der Waals surface area (Å²) in [6.45, 7) is 0.752. The number of para-hydroxylation sites is 1. The summed E-state index contributed by atoms with van der Waals surface area (Å²) in [7, 11) is 0. The third-order valence-corrected chi connectivity index (χ3v) is 3.90. The number of fused-ring (bicyclic) bond motifs is 1. The van der Waals surface area contributed by atoms with Crippen LogP contribution in [0.15, 0.2) is 46.9 Å². The maximum atomic E-state index is 5.76. The first-order valence-electron chi connectivity index (χ1n) is 6.26. The van der Waals surface area contributed by atoms with Gasteiger partial charge in [0.05, 0.1) is 12.6 Å². The van der Waals surface area contributed by atoms with Crippen LogP contribution >= 0.6 is 15.9 Å². The van der Waals surface area contributed by atoms with Gasteiger partial charge < -0.3 is 4.74 Å². The van der Waals surface area contributed by atoms with Gasteiger partial charge in [-0.15, -0.1) is 0 Å². The van der Waals surface area contributed by atoms with E-state index in [1.807, 2.05) is 12.1 Å². The minimum Gasteiger partial charge on any atom is -0.493 e. The highest BCUT2D eigenvalue weighted by atomic mass is 79.9. The highest BCUT2D eigenvalue weighted by Crippen LogP contribution is 2.36. The van der Waals surface area contributed by atoms with Crippen molar-refractivity contribution >= 4 is 15.9 Å². The molecule has 98 valence electrons. The lowest BCUT2D eigenvalue weighted by Gasteiger charge is -2.19. The Morgan fingerprint density at radius 1 is 1.21 bits per heavy atom. The Morgan fingerprint density at radius 2 is 2.05 bits per heavy atom. The first kappa shape index (κ1) is 12.7. The second kappa shape index (κ2) is 5.33. The zero-order chi connectivity index (χ0) is 13.2. The Kier molecular flexibility index (Phi) is 3.55. The second-order valence-electron chi connectivity index (χ2n) is 4.59. The maximum absolute atomic E-state index is 5.76. The fourth-order valence-electron chi connectivity index (χ4n) is 2.52. The summed E-state index contributed by atoms with van der Waals surface area (Å²) in [6, 6.07) is 14.3. The first-order valence-corrected chi connectivity index (χ1v) is 7.05. The van der Waals surface area contributed by atoms with Crippen LogP contribution in [0.3, 0.4) is 0 Å². The molecular formula is C15H15BrN2O. The fourth-order valence-corrected chi connectivity index (χ4v) is 2.94. The summed E-state index contributed by atoms with van der Waals surface area (Å²) >= 11 is 3.49. The van der Waals surface area contributed by atoms with Crippen molar-refractivity contribution in [2.75, 3.05) is 6.61 Å². The van der Waals surface area contributed by atoms with Crippen LogP contribution in [0.4, 0.5) is 0 Å². The smallest absolute Gasteiger partial charge is 0.127 e. The standard InChI is InChI=1S/C15H15BrN2O/c16-12-5-1-4-11(9-12)14(18-17)13-6-2-3-10-7-8-19-15(10)13/h1-6,9,14,18H,7-8,17H2. The molecule has 3 N–H and O–H groups in total. The summed E-state index contributed by atoms with van der Waals surface area (Å²) in [6.07, 6.45) is 0.971. The number of hydrogen-bond acceptors (Lipinski definition) is 3. The number of hydrazine groups is 1. The molecule has 1 unspecified atom stereocenters. The summed E-state index contributed by atoms with van der Waals surface area (Å²) in [5.41, 5.74) is 6.35. The van der Waals surface area contributed by atoms with Crippen LogP contribution in [-0.2, 0) is 6.42 Å². The van der Waals surface area contributed by atoms with Crippen molar-refractivity contribution in [2.45, 2.75) is 12.5 Å². The monoisotopic (exact) mass is 318 g/mol. The predicted molar refractivity (Wildman–Crippen MR) is 78.9 cm³/mol. The molecule has 0 spiro atoms. The second-order valence-corrected chi connectivity index (χ2v) is 5.50. The van der Waals surface area contributed by atoms with Gasteiger partial charge in [0, 0.05) is 16.5 Å². The van der Waals surface area contributed by atoms with E-state index in [2.05, 4.69) is 51.7 Å². The van der Waals surface area contributed by atoms with Gasteiger partial charge in [0.1, 0.15) is 5.75 Å². The van der Waals surface area contributed by atoms with E-state index in [1.54, 1.807) is 0 Å². The van der Waals surface area contributed by atoms with Gasteiger partial charge >= 0.3 is 0 Å². The Balaban J connectivity index is 2.06. The molecule has 2 aromatic rings. The van der Waals surface area contributed by atoms with E-state index in [9.17, 15) is 0 Å². The Labute approximate surface area is 120 Å². The van der Waals surface area contributed by atoms with Crippen molar-refractivity contribution in [3.05, 3.63) is 63.6 Å². The molecule has 0 radical (unpaired) electrons. The first-order chi connectivity index (χ1) is 9.29. The van der Waals surface area contributed by atoms with Crippen molar-refractivity contribution in [1.29, 1.82) is 0 Å². The number of ether oxygens (including phenoxy) is 1. The molecule has 1 atom stereocenters. The zero-order valence-electron chi connectivity index (χ0n) is 10.4. The lowest BCUT2D eigenvalue weighted by molar-refractivity contribution is 0.350. The molecule has 3 nitrogen and oxygen atoms in total. The Morgan fingerprint density at radius 3 is 2.84 bits per heavy atom. The summed E-state index contributed by atoms with van der Waals surface area (Å²) in [4.78, 5) is 0. The lowest BCUT2D eigenvalue weighted by Crippen LogP contribution is -2.29. The van der Waals surface area contributed by atoms with Crippen LogP contribution in [0.5, 0.6) is 5.75 Å². The number of nitrogens with one attached hydrogen (secondary N) is 1. The van der Waals surface area contributed by atoms with Crippen molar-refractivity contribution in [2.24, 2.45) is 5.84 Å². The maximum Gasteiger partial charge on any atom is 0.127 e. The van der Waals surface area contributed by atoms with Crippen LogP contribution in [0, 0.1) is 0 Å². The van der Waals surface area contributed by atoms with E-state index in [0.717, 1.165) is 34.4 Å². The average Bonchev–Trinajstić information content (AvgIpc) is 2.89. The number of benzene rings is 2. The van der Waals surface area contributed by atoms with Crippen molar-refractivity contribution in [1.82, 2.24) is 5.43 Å². The molecule has 0 amide bonds. The van der Waals surface area contributed by atoms with Gasteiger partial charge in [-0.25, -0.2) is 5.43 Å². The molecule has 0 saturated carbocycles. The van der Waals surface area contributed by atoms with E-state index in [4.69, 9.17) is 10.6 Å². The number of halogens is 1. The largest absolute Gasteiger partial charge is 0.493 e. The van der Waals surface area contributed by atoms with E-state index in [-0.39, 0.29) is 6.04 Å². The molecule has 1 aliphatic rings. The van der Waals surface area contributed by atoms with E-state index < -0.39 is 0 Å². The summed E-state index contributed by atoms with van der Waals surface area (Å²) < 4.78 is 6.80. The van der Waals surface area contributed by atoms with Gasteiger partial charge in [-0.1, -0.05) is 46.3 Å². The quantitative estimate of drug-likeness (QED) is 0.675. The minimum absolute atomic E-state index is 0.0643. The van der Waals surface area contributed by atoms with Gasteiger partial charge in [-0.2, -0.15) is 0 Å². The third-order valence-electron chi connectivity index (χ3n) is 3.40. The SMILES string of the molecule is NNC(c1cccc(Br)c1)c1cccc2c1OCC2. The van der Waals surface area contributed by atoms with Gasteiger partial charge in [-0.05, 0) is 23.3 Å². The van der Waals surface area contributed by atoms with E-state index >= 15 is 0 Å². The van der Waals surface area contributed by atoms with Gasteiger partial charge in [0.25, 0.3) is 0 Å². The molecule has 4 heteroatoms. The minimum atomic E-state index is -0.0643. The fraction of sp³-hybridized carbons (Fsp3) is 0.200. The number of nitrogens with two attached hydrogens (primary N) is 1. The summed E-state index contributed by atoms with van der Waals surface area (Å²) in [5, 5.41) is 0. The number of hydrogen-bond donors (Lipinski definition) is 2. The number of rotatable bonds is 3. The Hall–Kier alpha value is -1.36. The molecule has 0 saturated heterocycles. The van der Waals surface area contributed by atoms with Crippen molar-refractivity contribution < 1.29 is 4.74 Å². The Bertz CT molecular complexity index is 600. The highest BCUT2D eigenvalue weighted by molar-refractivity contribution is 9.10. The normalized spacial score (nSPS) is 14.8. The molecule has 0 aromatic heterocycles.